The van der Waals surface area contributed by atoms with Crippen molar-refractivity contribution >= 4 is 17.6 Å². The molecule has 40 heavy (non-hydrogen) atoms. The van der Waals surface area contributed by atoms with Crippen LogP contribution in [0, 0.1) is 26.6 Å². The molecule has 1 aromatic heterocycles. The minimum atomic E-state index is -0.382. The lowest BCUT2D eigenvalue weighted by molar-refractivity contribution is 0.0671. The van der Waals surface area contributed by atoms with Gasteiger partial charge in [0.05, 0.1) is 24.1 Å². The molecule has 0 radical (unpaired) electrons. The van der Waals surface area contributed by atoms with Crippen LogP contribution < -0.4 is 10.1 Å². The van der Waals surface area contributed by atoms with E-state index in [0.717, 1.165) is 22.4 Å². The van der Waals surface area contributed by atoms with E-state index in [1.807, 2.05) is 69.3 Å². The van der Waals surface area contributed by atoms with E-state index in [-0.39, 0.29) is 17.8 Å². The Morgan fingerprint density at radius 3 is 2.27 bits per heavy atom. The summed E-state index contributed by atoms with van der Waals surface area (Å²) in [5.74, 6) is 0.138. The third-order valence-electron chi connectivity index (χ3n) is 7.41. The zero-order valence-electron chi connectivity index (χ0n) is 23.2. The number of halogens is 1. The van der Waals surface area contributed by atoms with Crippen molar-refractivity contribution in [3.8, 4) is 22.7 Å². The Bertz CT molecular complexity index is 1570. The number of aryl methyl sites for hydroxylation is 2. The van der Waals surface area contributed by atoms with Gasteiger partial charge in [-0.05, 0) is 62.7 Å². The number of nitrogens with zero attached hydrogens (tertiary/aromatic N) is 3. The molecule has 0 spiro atoms. The van der Waals surface area contributed by atoms with Gasteiger partial charge in [-0.25, -0.2) is 9.18 Å². The second-order valence-electron chi connectivity index (χ2n) is 10.1. The topological polar surface area (TPSA) is 66.8 Å². The molecule has 0 unspecified atom stereocenters. The van der Waals surface area contributed by atoms with E-state index < -0.39 is 0 Å². The average Bonchev–Trinajstić information content (AvgIpc) is 3.31. The molecule has 1 fully saturated rings. The molecular formula is C32H33FN4O3. The molecule has 1 aliphatic rings. The molecule has 206 valence electrons. The van der Waals surface area contributed by atoms with Gasteiger partial charge < -0.3 is 24.4 Å². The van der Waals surface area contributed by atoms with Crippen LogP contribution in [0.15, 0.2) is 72.8 Å². The van der Waals surface area contributed by atoms with Gasteiger partial charge in [0.25, 0.3) is 5.91 Å². The molecule has 0 saturated carbocycles. The smallest absolute Gasteiger partial charge is 0.321 e. The Morgan fingerprint density at radius 2 is 1.57 bits per heavy atom. The fourth-order valence-electron chi connectivity index (χ4n) is 5.19. The zero-order chi connectivity index (χ0) is 28.4. The number of piperazine rings is 1. The molecule has 4 aromatic rings. The van der Waals surface area contributed by atoms with E-state index in [1.54, 1.807) is 39.7 Å². The normalized spacial score (nSPS) is 13.3. The molecule has 5 rings (SSSR count). The largest absolute Gasteiger partial charge is 0.497 e. The van der Waals surface area contributed by atoms with Gasteiger partial charge in [0.1, 0.15) is 11.6 Å². The number of carbonyl (C=O) groups excluding carboxylic acids is 2. The van der Waals surface area contributed by atoms with Crippen molar-refractivity contribution in [3.63, 3.8) is 0 Å². The van der Waals surface area contributed by atoms with E-state index in [4.69, 9.17) is 4.74 Å². The minimum Gasteiger partial charge on any atom is -0.497 e. The summed E-state index contributed by atoms with van der Waals surface area (Å²) in [6.45, 7) is 7.44. The highest BCUT2D eigenvalue weighted by Crippen LogP contribution is 2.33. The highest BCUT2D eigenvalue weighted by molar-refractivity contribution is 5.98. The van der Waals surface area contributed by atoms with E-state index in [2.05, 4.69) is 5.32 Å². The molecule has 8 heteroatoms. The van der Waals surface area contributed by atoms with Gasteiger partial charge in [0.15, 0.2) is 0 Å². The van der Waals surface area contributed by atoms with Crippen LogP contribution in [0.1, 0.15) is 27.2 Å². The van der Waals surface area contributed by atoms with Crippen LogP contribution in [-0.2, 0) is 0 Å². The van der Waals surface area contributed by atoms with Crippen LogP contribution in [0.3, 0.4) is 0 Å². The summed E-state index contributed by atoms with van der Waals surface area (Å²) in [7, 11) is 1.59. The number of methoxy groups -OCH3 is 1. The van der Waals surface area contributed by atoms with Crippen LogP contribution in [0.25, 0.3) is 16.9 Å². The summed E-state index contributed by atoms with van der Waals surface area (Å²) in [6.07, 6.45) is 0. The highest BCUT2D eigenvalue weighted by atomic mass is 19.1. The second kappa shape index (κ2) is 11.3. The first-order chi connectivity index (χ1) is 19.3. The van der Waals surface area contributed by atoms with E-state index >= 15 is 0 Å². The van der Waals surface area contributed by atoms with Crippen molar-refractivity contribution in [2.75, 3.05) is 38.6 Å². The number of para-hydroxylation sites is 1. The Balaban J connectivity index is 1.38. The minimum absolute atomic E-state index is 0.147. The molecule has 1 saturated heterocycles. The maximum absolute atomic E-state index is 15.0. The fourth-order valence-corrected chi connectivity index (χ4v) is 5.19. The predicted octanol–water partition coefficient (Wildman–Crippen LogP) is 6.21. The van der Waals surface area contributed by atoms with Crippen molar-refractivity contribution in [3.05, 3.63) is 101 Å². The highest BCUT2D eigenvalue weighted by Gasteiger charge is 2.29. The number of ether oxygens (including phenoxy) is 1. The van der Waals surface area contributed by atoms with Gasteiger partial charge in [0, 0.05) is 43.1 Å². The summed E-state index contributed by atoms with van der Waals surface area (Å²) < 4.78 is 22.2. The summed E-state index contributed by atoms with van der Waals surface area (Å²) in [4.78, 5) is 30.2. The molecule has 0 atom stereocenters. The van der Waals surface area contributed by atoms with Crippen LogP contribution >= 0.6 is 0 Å². The maximum atomic E-state index is 15.0. The number of amides is 3. The lowest BCUT2D eigenvalue weighted by Crippen LogP contribution is -2.51. The summed E-state index contributed by atoms with van der Waals surface area (Å²) in [5.41, 5.74) is 5.92. The summed E-state index contributed by atoms with van der Waals surface area (Å²) in [5, 5.41) is 2.99. The maximum Gasteiger partial charge on any atom is 0.321 e. The Hall–Kier alpha value is -4.59. The van der Waals surface area contributed by atoms with Crippen LogP contribution in [0.4, 0.5) is 14.9 Å². The van der Waals surface area contributed by atoms with E-state index in [0.29, 0.717) is 54.6 Å². The van der Waals surface area contributed by atoms with Crippen LogP contribution in [-0.4, -0.2) is 59.6 Å². The monoisotopic (exact) mass is 540 g/mol. The van der Waals surface area contributed by atoms with Crippen LogP contribution in [0.5, 0.6) is 5.75 Å². The summed E-state index contributed by atoms with van der Waals surface area (Å²) in [6, 6.07) is 21.6. The number of nitrogens with one attached hydrogen (secondary N) is 1. The number of urea groups is 1. The van der Waals surface area contributed by atoms with Gasteiger partial charge in [-0.15, -0.1) is 0 Å². The quantitative estimate of drug-likeness (QED) is 0.327. The van der Waals surface area contributed by atoms with Crippen molar-refractivity contribution < 1.29 is 18.7 Å². The number of aromatic nitrogens is 1. The van der Waals surface area contributed by atoms with Crippen molar-refractivity contribution in [2.24, 2.45) is 0 Å². The molecule has 3 aromatic carbocycles. The molecular weight excluding hydrogens is 507 g/mol. The molecule has 1 N–H and O–H groups in total. The fraction of sp³-hybridized carbons (Fsp3) is 0.250. The molecule has 3 amide bonds. The number of rotatable bonds is 5. The van der Waals surface area contributed by atoms with Gasteiger partial charge >= 0.3 is 6.03 Å². The Morgan fingerprint density at radius 1 is 0.850 bits per heavy atom. The number of hydrogen-bond acceptors (Lipinski definition) is 3. The molecule has 7 nitrogen and oxygen atoms in total. The summed E-state index contributed by atoms with van der Waals surface area (Å²) >= 11 is 0. The number of benzene rings is 3. The molecule has 1 aliphatic heterocycles. The van der Waals surface area contributed by atoms with E-state index in [1.165, 1.54) is 6.07 Å². The zero-order valence-corrected chi connectivity index (χ0v) is 23.2. The molecule has 0 aliphatic carbocycles. The third-order valence-corrected chi connectivity index (χ3v) is 7.41. The second-order valence-corrected chi connectivity index (χ2v) is 10.1. The number of anilines is 1. The van der Waals surface area contributed by atoms with Crippen molar-refractivity contribution in [1.82, 2.24) is 14.4 Å². The third kappa shape index (κ3) is 5.30. The first kappa shape index (κ1) is 27.0. The Kier molecular flexibility index (Phi) is 7.60. The van der Waals surface area contributed by atoms with Gasteiger partial charge in [0.2, 0.25) is 0 Å². The lowest BCUT2D eigenvalue weighted by atomic mass is 10.1. The molecule has 2 heterocycles. The van der Waals surface area contributed by atoms with Gasteiger partial charge in [-0.3, -0.25) is 4.79 Å². The number of carbonyl (C=O) groups is 2. The predicted molar refractivity (Wildman–Crippen MR) is 155 cm³/mol. The Labute approximate surface area is 233 Å². The first-order valence-electron chi connectivity index (χ1n) is 13.3. The average molecular weight is 541 g/mol. The van der Waals surface area contributed by atoms with Gasteiger partial charge in [-0.1, -0.05) is 42.0 Å². The number of hydrogen-bond donors (Lipinski definition) is 1. The SMILES string of the molecule is COc1cccc(-c2cc(C(=O)N3CCN(C(=O)Nc4ccc(C)cc4C)CC3)c(C)n2-c2ccccc2F)c1. The van der Waals surface area contributed by atoms with Crippen molar-refractivity contribution in [2.45, 2.75) is 20.8 Å². The molecule has 0 bridgehead atoms. The van der Waals surface area contributed by atoms with Crippen LogP contribution in [0.2, 0.25) is 0 Å². The van der Waals surface area contributed by atoms with Gasteiger partial charge in [-0.2, -0.15) is 0 Å². The lowest BCUT2D eigenvalue weighted by Gasteiger charge is -2.34. The first-order valence-corrected chi connectivity index (χ1v) is 13.3. The standard InChI is InChI=1S/C32H33FN4O3/c1-21-12-13-28(22(2)18-21)34-32(39)36-16-14-35(15-17-36)31(38)26-20-30(24-8-7-9-25(19-24)40-4)37(23(26)3)29-11-6-5-10-27(29)33/h5-13,18-20H,14-17H2,1-4H3,(H,34,39). The van der Waals surface area contributed by atoms with Crippen molar-refractivity contribution in [1.29, 1.82) is 0 Å². The van der Waals surface area contributed by atoms with E-state index in [9.17, 15) is 14.0 Å².